The lowest BCUT2D eigenvalue weighted by Gasteiger charge is -2.22. The number of carbonyl (C=O) groups excluding carboxylic acids is 1. The van der Waals surface area contributed by atoms with E-state index in [9.17, 15) is 4.79 Å². The summed E-state index contributed by atoms with van der Waals surface area (Å²) in [5.41, 5.74) is 7.26. The Kier molecular flexibility index (Phi) is 4.85. The summed E-state index contributed by atoms with van der Waals surface area (Å²) in [6.45, 7) is 3.74. The van der Waals surface area contributed by atoms with Crippen LogP contribution in [0.15, 0.2) is 18.2 Å². The van der Waals surface area contributed by atoms with E-state index in [-0.39, 0.29) is 18.3 Å². The van der Waals surface area contributed by atoms with Crippen molar-refractivity contribution in [1.82, 2.24) is 15.4 Å². The molecule has 2 rings (SSSR count). The van der Waals surface area contributed by atoms with Gasteiger partial charge < -0.3 is 11.1 Å². The van der Waals surface area contributed by atoms with Crippen LogP contribution < -0.4 is 11.1 Å². The van der Waals surface area contributed by atoms with Crippen molar-refractivity contribution in [2.45, 2.75) is 32.2 Å². The van der Waals surface area contributed by atoms with Gasteiger partial charge in [-0.05, 0) is 31.5 Å². The highest BCUT2D eigenvalue weighted by Gasteiger charge is 2.27. The summed E-state index contributed by atoms with van der Waals surface area (Å²) in [6, 6.07) is 5.34. The maximum atomic E-state index is 12.0. The Balaban J connectivity index is 0.00000180. The van der Waals surface area contributed by atoms with E-state index in [0.717, 1.165) is 11.9 Å². The van der Waals surface area contributed by atoms with Gasteiger partial charge in [-0.3, -0.25) is 4.79 Å². The van der Waals surface area contributed by atoms with Crippen LogP contribution in [-0.4, -0.2) is 26.9 Å². The molecular weight excluding hydrogens is 266 g/mol. The second-order valence-electron chi connectivity index (χ2n) is 4.65. The standard InChI is InChI=1S/C12H17N5O.ClH/c1-3-6-12(2,13)11(18)14-8-4-5-9-10(7-8)16-17-15-9;/h4-5,7H,3,6,13H2,1-2H3,(H,14,18)(H,15,16,17);1H. The number of nitrogens with two attached hydrogens (primary N) is 1. The van der Waals surface area contributed by atoms with Crippen LogP contribution in [-0.2, 0) is 4.79 Å². The predicted octanol–water partition coefficient (Wildman–Crippen LogP) is 1.84. The number of nitrogens with one attached hydrogen (secondary N) is 2. The van der Waals surface area contributed by atoms with E-state index in [1.807, 2.05) is 6.92 Å². The molecule has 0 aliphatic rings. The molecule has 0 radical (unpaired) electrons. The van der Waals surface area contributed by atoms with E-state index in [1.165, 1.54) is 0 Å². The molecule has 1 heterocycles. The fraction of sp³-hybridized carbons (Fsp3) is 0.417. The summed E-state index contributed by atoms with van der Waals surface area (Å²) >= 11 is 0. The van der Waals surface area contributed by atoms with Gasteiger partial charge in [0, 0.05) is 5.69 Å². The lowest BCUT2D eigenvalue weighted by molar-refractivity contribution is -0.120. The van der Waals surface area contributed by atoms with Gasteiger partial charge in [-0.2, -0.15) is 15.4 Å². The number of carbonyl (C=O) groups is 1. The molecule has 0 bridgehead atoms. The molecule has 0 aliphatic carbocycles. The summed E-state index contributed by atoms with van der Waals surface area (Å²) < 4.78 is 0. The molecule has 1 atom stereocenters. The highest BCUT2D eigenvalue weighted by molar-refractivity contribution is 5.98. The predicted molar refractivity (Wildman–Crippen MR) is 77.3 cm³/mol. The molecule has 0 fully saturated rings. The topological polar surface area (TPSA) is 96.7 Å². The number of nitrogens with zero attached hydrogens (tertiary/aromatic N) is 2. The van der Waals surface area contributed by atoms with Crippen molar-refractivity contribution in [2.75, 3.05) is 5.32 Å². The SMILES string of the molecule is CCCC(C)(N)C(=O)Nc1ccc2n[nH]nc2c1.Cl. The van der Waals surface area contributed by atoms with Crippen LogP contribution in [0.5, 0.6) is 0 Å². The lowest BCUT2D eigenvalue weighted by atomic mass is 9.96. The molecule has 0 aliphatic heterocycles. The maximum absolute atomic E-state index is 12.0. The van der Waals surface area contributed by atoms with Gasteiger partial charge >= 0.3 is 0 Å². The number of aromatic nitrogens is 3. The summed E-state index contributed by atoms with van der Waals surface area (Å²) in [6.07, 6.45) is 1.51. The normalized spacial score (nSPS) is 13.6. The molecule has 1 aromatic carbocycles. The molecule has 0 saturated carbocycles. The number of H-pyrrole nitrogens is 1. The van der Waals surface area contributed by atoms with Crippen LogP contribution in [0, 0.1) is 0 Å². The van der Waals surface area contributed by atoms with Crippen molar-refractivity contribution in [3.63, 3.8) is 0 Å². The summed E-state index contributed by atoms with van der Waals surface area (Å²) in [5, 5.41) is 13.2. The van der Waals surface area contributed by atoms with E-state index >= 15 is 0 Å². The number of anilines is 1. The first-order chi connectivity index (χ1) is 8.53. The number of hydrogen-bond acceptors (Lipinski definition) is 4. The molecule has 1 aromatic heterocycles. The quantitative estimate of drug-likeness (QED) is 0.797. The third-order valence-electron chi connectivity index (χ3n) is 2.86. The fourth-order valence-electron chi connectivity index (χ4n) is 1.82. The molecular formula is C12H18ClN5O. The Morgan fingerprint density at radius 2 is 2.11 bits per heavy atom. The first-order valence-electron chi connectivity index (χ1n) is 5.94. The smallest absolute Gasteiger partial charge is 0.244 e. The van der Waals surface area contributed by atoms with Gasteiger partial charge in [0.15, 0.2) is 0 Å². The Bertz CT molecular complexity index is 566. The number of halogens is 1. The molecule has 0 spiro atoms. The van der Waals surface area contributed by atoms with Crippen molar-refractivity contribution in [3.8, 4) is 0 Å². The molecule has 7 heteroatoms. The third kappa shape index (κ3) is 3.42. The first kappa shape index (κ1) is 15.4. The highest BCUT2D eigenvalue weighted by Crippen LogP contribution is 2.17. The van der Waals surface area contributed by atoms with Gasteiger partial charge in [-0.25, -0.2) is 0 Å². The molecule has 104 valence electrons. The molecule has 4 N–H and O–H groups in total. The Hall–Kier alpha value is -1.66. The average Bonchev–Trinajstić information content (AvgIpc) is 2.76. The second-order valence-corrected chi connectivity index (χ2v) is 4.65. The number of aromatic amines is 1. The Morgan fingerprint density at radius 1 is 1.42 bits per heavy atom. The number of benzene rings is 1. The van der Waals surface area contributed by atoms with Crippen molar-refractivity contribution in [3.05, 3.63) is 18.2 Å². The number of fused-ring (bicyclic) bond motifs is 1. The second kappa shape index (κ2) is 5.99. The summed E-state index contributed by atoms with van der Waals surface area (Å²) in [7, 11) is 0. The van der Waals surface area contributed by atoms with E-state index in [1.54, 1.807) is 25.1 Å². The zero-order valence-electron chi connectivity index (χ0n) is 10.9. The largest absolute Gasteiger partial charge is 0.324 e. The van der Waals surface area contributed by atoms with Gasteiger partial charge in [0.2, 0.25) is 5.91 Å². The minimum atomic E-state index is -0.854. The van der Waals surface area contributed by atoms with E-state index < -0.39 is 5.54 Å². The zero-order valence-corrected chi connectivity index (χ0v) is 11.8. The first-order valence-corrected chi connectivity index (χ1v) is 5.94. The van der Waals surface area contributed by atoms with Crippen LogP contribution in [0.1, 0.15) is 26.7 Å². The molecule has 19 heavy (non-hydrogen) atoms. The average molecular weight is 284 g/mol. The van der Waals surface area contributed by atoms with Crippen LogP contribution in [0.3, 0.4) is 0 Å². The third-order valence-corrected chi connectivity index (χ3v) is 2.86. The molecule has 1 amide bonds. The molecule has 1 unspecified atom stereocenters. The maximum Gasteiger partial charge on any atom is 0.244 e. The van der Waals surface area contributed by atoms with Gasteiger partial charge in [0.05, 0.1) is 5.54 Å². The number of rotatable bonds is 4. The van der Waals surface area contributed by atoms with Crippen molar-refractivity contribution < 1.29 is 4.79 Å². The van der Waals surface area contributed by atoms with E-state index in [0.29, 0.717) is 17.6 Å². The van der Waals surface area contributed by atoms with Crippen LogP contribution in [0.4, 0.5) is 5.69 Å². The van der Waals surface area contributed by atoms with Crippen molar-refractivity contribution in [1.29, 1.82) is 0 Å². The van der Waals surface area contributed by atoms with E-state index in [4.69, 9.17) is 5.73 Å². The Labute approximate surface area is 117 Å². The van der Waals surface area contributed by atoms with Crippen LogP contribution in [0.25, 0.3) is 11.0 Å². The summed E-state index contributed by atoms with van der Waals surface area (Å²) in [4.78, 5) is 12.0. The zero-order chi connectivity index (χ0) is 13.2. The molecule has 0 saturated heterocycles. The highest BCUT2D eigenvalue weighted by atomic mass is 35.5. The van der Waals surface area contributed by atoms with Gasteiger partial charge in [-0.15, -0.1) is 12.4 Å². The minimum absolute atomic E-state index is 0. The van der Waals surface area contributed by atoms with Crippen LogP contribution in [0.2, 0.25) is 0 Å². The van der Waals surface area contributed by atoms with Gasteiger partial charge in [0.25, 0.3) is 0 Å². The minimum Gasteiger partial charge on any atom is -0.324 e. The molecule has 2 aromatic rings. The molecule has 6 nitrogen and oxygen atoms in total. The van der Waals surface area contributed by atoms with E-state index in [2.05, 4.69) is 20.7 Å². The van der Waals surface area contributed by atoms with Gasteiger partial charge in [-0.1, -0.05) is 13.3 Å². The summed E-state index contributed by atoms with van der Waals surface area (Å²) in [5.74, 6) is -0.188. The number of amides is 1. The van der Waals surface area contributed by atoms with Crippen molar-refractivity contribution >= 4 is 35.0 Å². The lowest BCUT2D eigenvalue weighted by Crippen LogP contribution is -2.48. The van der Waals surface area contributed by atoms with Crippen molar-refractivity contribution in [2.24, 2.45) is 5.73 Å². The Morgan fingerprint density at radius 3 is 2.79 bits per heavy atom. The monoisotopic (exact) mass is 283 g/mol. The number of hydrogen-bond donors (Lipinski definition) is 3. The van der Waals surface area contributed by atoms with Crippen LogP contribution >= 0.6 is 12.4 Å². The fourth-order valence-corrected chi connectivity index (χ4v) is 1.82. The van der Waals surface area contributed by atoms with Gasteiger partial charge in [0.1, 0.15) is 11.0 Å².